The minimum absolute atomic E-state index is 0.0250. The van der Waals surface area contributed by atoms with Gasteiger partial charge in [0.1, 0.15) is 0 Å². The summed E-state index contributed by atoms with van der Waals surface area (Å²) in [5, 5.41) is 11.5. The van der Waals surface area contributed by atoms with Gasteiger partial charge in [-0.15, -0.1) is 0 Å². The van der Waals surface area contributed by atoms with E-state index in [1.165, 1.54) is 5.56 Å². The van der Waals surface area contributed by atoms with Gasteiger partial charge in [0.05, 0.1) is 22.3 Å². The summed E-state index contributed by atoms with van der Waals surface area (Å²) in [5.74, 6) is 0.839. The Kier molecular flexibility index (Phi) is 6.70. The van der Waals surface area contributed by atoms with E-state index < -0.39 is 0 Å². The summed E-state index contributed by atoms with van der Waals surface area (Å²) in [5.41, 5.74) is 7.12. The van der Waals surface area contributed by atoms with Gasteiger partial charge in [0.15, 0.2) is 5.82 Å². The molecule has 0 saturated heterocycles. The molecule has 33 heavy (non-hydrogen) atoms. The number of aryl methyl sites for hydroxylation is 3. The Morgan fingerprint density at radius 3 is 2.48 bits per heavy atom. The Hall–Kier alpha value is -3.32. The molecule has 0 unspecified atom stereocenters. The molecular formula is C26H34N6O. The lowest BCUT2D eigenvalue weighted by molar-refractivity contribution is 0.303. The first-order chi connectivity index (χ1) is 15.9. The number of rotatable bonds is 9. The highest BCUT2D eigenvalue weighted by Crippen LogP contribution is 2.37. The van der Waals surface area contributed by atoms with E-state index in [2.05, 4.69) is 77.6 Å². The zero-order valence-corrected chi connectivity index (χ0v) is 20.3. The van der Waals surface area contributed by atoms with Crippen LogP contribution in [0, 0.1) is 6.92 Å². The fraction of sp³-hybridized carbons (Fsp3) is 0.385. The highest BCUT2D eigenvalue weighted by atomic mass is 16.1. The molecule has 0 radical (unpaired) electrons. The number of imidazole rings is 1. The first-order valence-electron chi connectivity index (χ1n) is 11.7. The second-order valence-corrected chi connectivity index (χ2v) is 8.60. The number of H-pyrrole nitrogens is 1. The maximum Gasteiger partial charge on any atom is 0.328 e. The standard InChI is InChI=1S/C26H34N6O/c1-6-32(7-2)15-9-14-27-25-23(24(28-29-25)20-11-8-10-18(3)16-20)19-12-13-21-22(17-19)31(5)26(33)30(21)4/h8,10-13,16-17H,6-7,9,14-15H2,1-5H3,(H2,27,28,29). The molecule has 0 aliphatic rings. The number of aromatic amines is 1. The van der Waals surface area contributed by atoms with Crippen LogP contribution in [-0.2, 0) is 14.1 Å². The molecule has 2 heterocycles. The van der Waals surface area contributed by atoms with Gasteiger partial charge in [-0.3, -0.25) is 14.2 Å². The molecule has 4 rings (SSSR count). The van der Waals surface area contributed by atoms with Crippen LogP contribution in [-0.4, -0.2) is 50.4 Å². The molecule has 0 bridgehead atoms. The molecule has 7 heteroatoms. The van der Waals surface area contributed by atoms with Gasteiger partial charge in [-0.2, -0.15) is 5.10 Å². The van der Waals surface area contributed by atoms with Gasteiger partial charge in [-0.25, -0.2) is 4.79 Å². The van der Waals surface area contributed by atoms with E-state index in [0.717, 1.165) is 71.8 Å². The molecule has 0 aliphatic carbocycles. The lowest BCUT2D eigenvalue weighted by Crippen LogP contribution is -2.25. The Bertz CT molecular complexity index is 1310. The molecule has 2 aromatic heterocycles. The SMILES string of the molecule is CCN(CC)CCCNc1n[nH]c(-c2cccc(C)c2)c1-c1ccc2c(c1)n(C)c(=O)n2C. The molecule has 2 N–H and O–H groups in total. The third-order valence-corrected chi connectivity index (χ3v) is 6.47. The van der Waals surface area contributed by atoms with Gasteiger partial charge in [0.2, 0.25) is 0 Å². The summed E-state index contributed by atoms with van der Waals surface area (Å²) < 4.78 is 3.38. The quantitative estimate of drug-likeness (QED) is 0.374. The molecule has 0 amide bonds. The average Bonchev–Trinajstić information content (AvgIpc) is 3.34. The molecule has 174 valence electrons. The number of fused-ring (bicyclic) bond motifs is 1. The van der Waals surface area contributed by atoms with Gasteiger partial charge < -0.3 is 10.2 Å². The number of aromatic nitrogens is 4. The molecular weight excluding hydrogens is 412 g/mol. The van der Waals surface area contributed by atoms with Crippen molar-refractivity contribution in [3.05, 3.63) is 58.5 Å². The van der Waals surface area contributed by atoms with Crippen molar-refractivity contribution in [2.24, 2.45) is 14.1 Å². The van der Waals surface area contributed by atoms with E-state index in [9.17, 15) is 4.79 Å². The predicted molar refractivity (Wildman–Crippen MR) is 137 cm³/mol. The first kappa shape index (κ1) is 22.9. The molecule has 7 nitrogen and oxygen atoms in total. The van der Waals surface area contributed by atoms with E-state index in [4.69, 9.17) is 0 Å². The van der Waals surface area contributed by atoms with Crippen molar-refractivity contribution >= 4 is 16.9 Å². The van der Waals surface area contributed by atoms with Gasteiger partial charge in [0.25, 0.3) is 0 Å². The normalized spacial score (nSPS) is 11.6. The van der Waals surface area contributed by atoms with Crippen molar-refractivity contribution in [1.82, 2.24) is 24.2 Å². The van der Waals surface area contributed by atoms with Crippen LogP contribution in [0.15, 0.2) is 47.3 Å². The maximum atomic E-state index is 12.4. The van der Waals surface area contributed by atoms with Crippen molar-refractivity contribution in [2.75, 3.05) is 31.5 Å². The summed E-state index contributed by atoms with van der Waals surface area (Å²) in [6, 6.07) is 14.6. The van der Waals surface area contributed by atoms with Crippen LogP contribution in [0.2, 0.25) is 0 Å². The van der Waals surface area contributed by atoms with E-state index >= 15 is 0 Å². The zero-order chi connectivity index (χ0) is 23.5. The molecule has 0 aliphatic heterocycles. The molecule has 4 aromatic rings. The fourth-order valence-electron chi connectivity index (χ4n) is 4.47. The Balaban J connectivity index is 1.74. The van der Waals surface area contributed by atoms with E-state index in [1.807, 2.05) is 20.2 Å². The molecule has 0 saturated carbocycles. The van der Waals surface area contributed by atoms with Crippen LogP contribution in [0.3, 0.4) is 0 Å². The van der Waals surface area contributed by atoms with Crippen molar-refractivity contribution in [1.29, 1.82) is 0 Å². The predicted octanol–water partition coefficient (Wildman–Crippen LogP) is 4.39. The summed E-state index contributed by atoms with van der Waals surface area (Å²) in [6.45, 7) is 10.5. The summed E-state index contributed by atoms with van der Waals surface area (Å²) in [6.07, 6.45) is 1.04. The molecule has 2 aromatic carbocycles. The van der Waals surface area contributed by atoms with Crippen LogP contribution in [0.1, 0.15) is 25.8 Å². The zero-order valence-electron chi connectivity index (χ0n) is 20.3. The second kappa shape index (κ2) is 9.67. The van der Waals surface area contributed by atoms with Crippen LogP contribution in [0.4, 0.5) is 5.82 Å². The number of hydrogen-bond acceptors (Lipinski definition) is 4. The highest BCUT2D eigenvalue weighted by molar-refractivity contribution is 5.92. The second-order valence-electron chi connectivity index (χ2n) is 8.60. The number of nitrogens with zero attached hydrogens (tertiary/aromatic N) is 4. The molecule has 0 atom stereocenters. The highest BCUT2D eigenvalue weighted by Gasteiger charge is 2.19. The van der Waals surface area contributed by atoms with Crippen LogP contribution in [0.25, 0.3) is 33.4 Å². The molecule has 0 fully saturated rings. The Labute approximate surface area is 195 Å². The third-order valence-electron chi connectivity index (χ3n) is 6.47. The van der Waals surface area contributed by atoms with Gasteiger partial charge in [-0.05, 0) is 56.7 Å². The third kappa shape index (κ3) is 4.46. The van der Waals surface area contributed by atoms with E-state index in [0.29, 0.717) is 0 Å². The average molecular weight is 447 g/mol. The fourth-order valence-corrected chi connectivity index (χ4v) is 4.47. The Morgan fingerprint density at radius 1 is 1.00 bits per heavy atom. The van der Waals surface area contributed by atoms with Crippen LogP contribution in [0.5, 0.6) is 0 Å². The molecule has 0 spiro atoms. The number of benzene rings is 2. The lowest BCUT2D eigenvalue weighted by Gasteiger charge is -2.17. The van der Waals surface area contributed by atoms with Gasteiger partial charge in [-0.1, -0.05) is 43.7 Å². The van der Waals surface area contributed by atoms with E-state index in [1.54, 1.807) is 9.13 Å². The van der Waals surface area contributed by atoms with Gasteiger partial charge in [0, 0.05) is 26.2 Å². The minimum atomic E-state index is -0.0250. The summed E-state index contributed by atoms with van der Waals surface area (Å²) in [4.78, 5) is 14.9. The van der Waals surface area contributed by atoms with E-state index in [-0.39, 0.29) is 5.69 Å². The van der Waals surface area contributed by atoms with Crippen molar-refractivity contribution in [2.45, 2.75) is 27.2 Å². The van der Waals surface area contributed by atoms with Crippen molar-refractivity contribution < 1.29 is 0 Å². The summed E-state index contributed by atoms with van der Waals surface area (Å²) in [7, 11) is 3.63. The van der Waals surface area contributed by atoms with Crippen molar-refractivity contribution in [3.63, 3.8) is 0 Å². The topological polar surface area (TPSA) is 70.9 Å². The lowest BCUT2D eigenvalue weighted by atomic mass is 9.99. The number of hydrogen-bond donors (Lipinski definition) is 2. The monoisotopic (exact) mass is 446 g/mol. The smallest absolute Gasteiger partial charge is 0.328 e. The van der Waals surface area contributed by atoms with Crippen LogP contribution < -0.4 is 11.0 Å². The van der Waals surface area contributed by atoms with Crippen LogP contribution >= 0.6 is 0 Å². The van der Waals surface area contributed by atoms with Crippen molar-refractivity contribution in [3.8, 4) is 22.4 Å². The first-order valence-corrected chi connectivity index (χ1v) is 11.7. The number of anilines is 1. The largest absolute Gasteiger partial charge is 0.368 e. The maximum absolute atomic E-state index is 12.4. The van der Waals surface area contributed by atoms with Gasteiger partial charge >= 0.3 is 5.69 Å². The Morgan fingerprint density at radius 2 is 1.76 bits per heavy atom. The summed E-state index contributed by atoms with van der Waals surface area (Å²) >= 11 is 0. The minimum Gasteiger partial charge on any atom is -0.368 e. The number of nitrogens with one attached hydrogen (secondary N) is 2.